The Bertz CT molecular complexity index is 534. The molecule has 0 aliphatic carbocycles. The van der Waals surface area contributed by atoms with Crippen molar-refractivity contribution < 1.29 is 0 Å². The van der Waals surface area contributed by atoms with E-state index >= 15 is 0 Å². The molecule has 7 heteroatoms. The number of hydrogen-bond donors (Lipinski definition) is 1. The first kappa shape index (κ1) is 15.0. The lowest BCUT2D eigenvalue weighted by Gasteiger charge is -2.25. The van der Waals surface area contributed by atoms with Crippen LogP contribution in [0, 0.1) is 0 Å². The number of likely N-dealkylation sites (N-methyl/N-ethyl adjacent to an activating group) is 1. The highest BCUT2D eigenvalue weighted by Crippen LogP contribution is 2.36. The molecule has 2 aromatic rings. The maximum absolute atomic E-state index is 6.10. The summed E-state index contributed by atoms with van der Waals surface area (Å²) in [5, 5.41) is 4.18. The van der Waals surface area contributed by atoms with Crippen LogP contribution in [0.3, 0.4) is 0 Å². The van der Waals surface area contributed by atoms with Gasteiger partial charge in [-0.15, -0.1) is 11.3 Å². The molecule has 0 saturated carbocycles. The molecule has 0 fully saturated rings. The van der Waals surface area contributed by atoms with E-state index < -0.39 is 0 Å². The van der Waals surface area contributed by atoms with Crippen LogP contribution in [0.5, 0.6) is 0 Å². The quantitative estimate of drug-likeness (QED) is 0.888. The van der Waals surface area contributed by atoms with Crippen LogP contribution >= 0.6 is 38.9 Å². The molecule has 2 rings (SSSR count). The van der Waals surface area contributed by atoms with Crippen molar-refractivity contribution in [3.8, 4) is 0 Å². The molecular weight excluding hydrogens is 348 g/mol. The number of halogens is 2. The second-order valence-electron chi connectivity index (χ2n) is 4.46. The molecule has 2 aromatic heterocycles. The molecule has 0 spiro atoms. The van der Waals surface area contributed by atoms with E-state index in [2.05, 4.69) is 33.0 Å². The summed E-state index contributed by atoms with van der Waals surface area (Å²) in [6.45, 7) is 1.36. The van der Waals surface area contributed by atoms with Gasteiger partial charge in [0.05, 0.1) is 12.2 Å². The van der Waals surface area contributed by atoms with Crippen molar-refractivity contribution in [3.63, 3.8) is 0 Å². The van der Waals surface area contributed by atoms with Crippen molar-refractivity contribution in [2.45, 2.75) is 12.6 Å². The first-order valence-electron chi connectivity index (χ1n) is 5.83. The van der Waals surface area contributed by atoms with Gasteiger partial charge < -0.3 is 5.73 Å². The molecule has 0 saturated heterocycles. The number of rotatable bonds is 5. The normalized spacial score (nSPS) is 13.2. The topological polar surface area (TPSA) is 47.1 Å². The van der Waals surface area contributed by atoms with E-state index in [-0.39, 0.29) is 6.04 Å². The van der Waals surface area contributed by atoms with E-state index in [0.29, 0.717) is 6.54 Å². The average Bonchev–Trinajstić information content (AvgIpc) is 2.88. The summed E-state index contributed by atoms with van der Waals surface area (Å²) in [5.74, 6) is 0. The zero-order valence-corrected chi connectivity index (χ0v) is 14.0. The number of nitrogens with two attached hydrogens (primary N) is 1. The molecule has 0 radical (unpaired) electrons. The van der Waals surface area contributed by atoms with Gasteiger partial charge in [0.25, 0.3) is 0 Å². The van der Waals surface area contributed by atoms with Crippen LogP contribution < -0.4 is 5.73 Å². The van der Waals surface area contributed by atoms with Crippen molar-refractivity contribution in [2.75, 3.05) is 13.6 Å². The van der Waals surface area contributed by atoms with Gasteiger partial charge in [0.2, 0.25) is 0 Å². The van der Waals surface area contributed by atoms with Gasteiger partial charge in [0.1, 0.15) is 4.34 Å². The molecule has 0 aromatic carbocycles. The number of thiophene rings is 1. The number of nitrogens with zero attached hydrogens (tertiary/aromatic N) is 3. The number of aryl methyl sites for hydroxylation is 1. The molecule has 19 heavy (non-hydrogen) atoms. The average molecular weight is 364 g/mol. The Balaban J connectivity index is 2.12. The van der Waals surface area contributed by atoms with Gasteiger partial charge in [-0.3, -0.25) is 9.58 Å². The van der Waals surface area contributed by atoms with Crippen LogP contribution in [0.1, 0.15) is 16.5 Å². The minimum atomic E-state index is 0.161. The highest BCUT2D eigenvalue weighted by molar-refractivity contribution is 9.10. The Labute approximate surface area is 130 Å². The minimum absolute atomic E-state index is 0.161. The van der Waals surface area contributed by atoms with Gasteiger partial charge >= 0.3 is 0 Å². The predicted octanol–water partition coefficient (Wildman–Crippen LogP) is 3.03. The molecule has 0 amide bonds. The van der Waals surface area contributed by atoms with Gasteiger partial charge in [0, 0.05) is 41.2 Å². The van der Waals surface area contributed by atoms with Gasteiger partial charge in [-0.05, 0) is 29.0 Å². The Kier molecular flexibility index (Phi) is 5.03. The van der Waals surface area contributed by atoms with Crippen LogP contribution in [-0.2, 0) is 13.6 Å². The lowest BCUT2D eigenvalue weighted by Crippen LogP contribution is -2.29. The SMILES string of the molecule is CN(Cc1cnn(C)c1)C(CN)c1cc(Br)c(Cl)s1. The van der Waals surface area contributed by atoms with Crippen LogP contribution in [0.4, 0.5) is 0 Å². The largest absolute Gasteiger partial charge is 0.329 e. The summed E-state index contributed by atoms with van der Waals surface area (Å²) in [4.78, 5) is 3.39. The molecule has 2 N–H and O–H groups in total. The maximum Gasteiger partial charge on any atom is 0.107 e. The van der Waals surface area contributed by atoms with E-state index in [1.807, 2.05) is 25.5 Å². The van der Waals surface area contributed by atoms with Crippen molar-refractivity contribution >= 4 is 38.9 Å². The van der Waals surface area contributed by atoms with Gasteiger partial charge in [-0.2, -0.15) is 5.10 Å². The Morgan fingerprint density at radius 3 is 2.84 bits per heavy atom. The molecule has 104 valence electrons. The number of aromatic nitrogens is 2. The Hall–Kier alpha value is -0.400. The lowest BCUT2D eigenvalue weighted by molar-refractivity contribution is 0.245. The second-order valence-corrected chi connectivity index (χ2v) is 7.00. The van der Waals surface area contributed by atoms with Crippen LogP contribution in [0.2, 0.25) is 4.34 Å². The van der Waals surface area contributed by atoms with E-state index in [9.17, 15) is 0 Å². The van der Waals surface area contributed by atoms with Crippen molar-refractivity contribution in [3.05, 3.63) is 37.7 Å². The third-order valence-corrected chi connectivity index (χ3v) is 5.51. The molecule has 0 aliphatic heterocycles. The Morgan fingerprint density at radius 2 is 2.37 bits per heavy atom. The number of hydrogen-bond acceptors (Lipinski definition) is 4. The summed E-state index contributed by atoms with van der Waals surface area (Å²) in [6.07, 6.45) is 3.89. The van der Waals surface area contributed by atoms with Crippen molar-refractivity contribution in [1.29, 1.82) is 0 Å². The van der Waals surface area contributed by atoms with Crippen LogP contribution in [-0.4, -0.2) is 28.3 Å². The van der Waals surface area contributed by atoms with Crippen molar-refractivity contribution in [1.82, 2.24) is 14.7 Å². The zero-order chi connectivity index (χ0) is 14.0. The lowest BCUT2D eigenvalue weighted by atomic mass is 10.2. The summed E-state index contributed by atoms with van der Waals surface area (Å²) < 4.78 is 3.50. The first-order chi connectivity index (χ1) is 9.01. The highest BCUT2D eigenvalue weighted by atomic mass is 79.9. The summed E-state index contributed by atoms with van der Waals surface area (Å²) in [7, 11) is 3.98. The Morgan fingerprint density at radius 1 is 1.63 bits per heavy atom. The fourth-order valence-electron chi connectivity index (χ4n) is 1.99. The standard InChI is InChI=1S/C12H16BrClN4S/c1-17(6-8-5-16-18(2)7-8)10(4-15)11-3-9(13)12(14)19-11/h3,5,7,10H,4,6,15H2,1-2H3. The van der Waals surface area contributed by atoms with E-state index in [1.54, 1.807) is 16.0 Å². The smallest absolute Gasteiger partial charge is 0.107 e. The third-order valence-electron chi connectivity index (χ3n) is 2.94. The molecule has 0 aliphatic rings. The van der Waals surface area contributed by atoms with Crippen LogP contribution in [0.25, 0.3) is 0 Å². The molecule has 4 nitrogen and oxygen atoms in total. The summed E-state index contributed by atoms with van der Waals surface area (Å²) in [5.41, 5.74) is 7.08. The molecule has 2 heterocycles. The van der Waals surface area contributed by atoms with Gasteiger partial charge in [-0.1, -0.05) is 11.6 Å². The summed E-state index contributed by atoms with van der Waals surface area (Å²) in [6, 6.07) is 2.21. The minimum Gasteiger partial charge on any atom is -0.329 e. The van der Waals surface area contributed by atoms with E-state index in [1.165, 1.54) is 10.4 Å². The fourth-order valence-corrected chi connectivity index (χ4v) is 3.91. The van der Waals surface area contributed by atoms with Gasteiger partial charge in [0.15, 0.2) is 0 Å². The first-order valence-corrected chi connectivity index (χ1v) is 7.82. The zero-order valence-electron chi connectivity index (χ0n) is 10.8. The fraction of sp³-hybridized carbons (Fsp3) is 0.417. The maximum atomic E-state index is 6.10. The molecule has 1 unspecified atom stereocenters. The van der Waals surface area contributed by atoms with Crippen molar-refractivity contribution in [2.24, 2.45) is 12.8 Å². The van der Waals surface area contributed by atoms with Crippen LogP contribution in [0.15, 0.2) is 22.9 Å². The van der Waals surface area contributed by atoms with E-state index in [4.69, 9.17) is 17.3 Å². The predicted molar refractivity (Wildman–Crippen MR) is 83.5 cm³/mol. The monoisotopic (exact) mass is 362 g/mol. The van der Waals surface area contributed by atoms with Gasteiger partial charge in [-0.25, -0.2) is 0 Å². The second kappa shape index (κ2) is 6.37. The highest BCUT2D eigenvalue weighted by Gasteiger charge is 2.19. The molecular formula is C12H16BrClN4S. The summed E-state index contributed by atoms with van der Waals surface area (Å²) >= 11 is 11.1. The third kappa shape index (κ3) is 3.58. The molecule has 1 atom stereocenters. The molecule has 0 bridgehead atoms. The van der Waals surface area contributed by atoms with E-state index in [0.717, 1.165) is 15.4 Å².